The number of hydrogen-bond acceptors (Lipinski definition) is 1. The maximum atomic E-state index is 2.50. The van der Waals surface area contributed by atoms with Crippen LogP contribution >= 0.6 is 11.8 Å². The summed E-state index contributed by atoms with van der Waals surface area (Å²) in [4.78, 5) is 0. The minimum atomic E-state index is 0.518. The topological polar surface area (TPSA) is 0 Å². The van der Waals surface area contributed by atoms with Gasteiger partial charge >= 0.3 is 0 Å². The highest BCUT2D eigenvalue weighted by Gasteiger charge is 2.52. The minimum Gasteiger partial charge on any atom is -0.159 e. The molecule has 5 unspecified atom stereocenters. The van der Waals surface area contributed by atoms with Crippen molar-refractivity contribution in [2.45, 2.75) is 63.5 Å². The Morgan fingerprint density at radius 1 is 0.941 bits per heavy atom. The fraction of sp³-hybridized carbons (Fsp3) is 1.00. The van der Waals surface area contributed by atoms with E-state index in [9.17, 15) is 0 Å². The van der Waals surface area contributed by atoms with E-state index in [1.165, 1.54) is 12.8 Å². The van der Waals surface area contributed by atoms with Crippen LogP contribution in [-0.4, -0.2) is 11.0 Å². The molecule has 0 saturated heterocycles. The summed E-state index contributed by atoms with van der Waals surface area (Å²) < 4.78 is 0.518. The van der Waals surface area contributed by atoms with Crippen molar-refractivity contribution in [2.75, 3.05) is 6.26 Å². The monoisotopic (exact) mass is 252 g/mol. The van der Waals surface area contributed by atoms with E-state index in [4.69, 9.17) is 0 Å². The molecule has 5 atom stereocenters. The standard InChI is InChI=1S/C16H28S/c1-16(2,17-3)14-10-12-8-4-6-11-7-5-9-13(14)15(11)12/h11-15H,4-10H2,1-3H3. The van der Waals surface area contributed by atoms with Gasteiger partial charge in [-0.25, -0.2) is 0 Å². The highest BCUT2D eigenvalue weighted by atomic mass is 32.2. The first kappa shape index (κ1) is 12.4. The number of hydrogen-bond donors (Lipinski definition) is 0. The van der Waals surface area contributed by atoms with Gasteiger partial charge in [-0.05, 0) is 48.7 Å². The highest BCUT2D eigenvalue weighted by molar-refractivity contribution is 7.99. The lowest BCUT2D eigenvalue weighted by molar-refractivity contribution is 0.0819. The molecule has 0 spiro atoms. The van der Waals surface area contributed by atoms with E-state index >= 15 is 0 Å². The van der Waals surface area contributed by atoms with Gasteiger partial charge in [0.15, 0.2) is 0 Å². The van der Waals surface area contributed by atoms with Gasteiger partial charge in [0.25, 0.3) is 0 Å². The molecule has 3 aliphatic rings. The van der Waals surface area contributed by atoms with Crippen LogP contribution in [0.15, 0.2) is 0 Å². The molecule has 0 nitrogen and oxygen atoms in total. The zero-order valence-electron chi connectivity index (χ0n) is 11.7. The zero-order chi connectivity index (χ0) is 12.0. The Balaban J connectivity index is 1.85. The van der Waals surface area contributed by atoms with Gasteiger partial charge in [-0.1, -0.05) is 46.0 Å². The maximum absolute atomic E-state index is 2.50. The Morgan fingerprint density at radius 3 is 2.29 bits per heavy atom. The van der Waals surface area contributed by atoms with Crippen molar-refractivity contribution in [3.8, 4) is 0 Å². The molecule has 3 rings (SSSR count). The molecule has 17 heavy (non-hydrogen) atoms. The molecule has 0 aromatic heterocycles. The smallest absolute Gasteiger partial charge is 0.0131 e. The Kier molecular flexibility index (Phi) is 3.26. The molecule has 1 heteroatoms. The van der Waals surface area contributed by atoms with Crippen molar-refractivity contribution in [3.63, 3.8) is 0 Å². The molecule has 3 fully saturated rings. The van der Waals surface area contributed by atoms with Gasteiger partial charge in [0.05, 0.1) is 0 Å². The lowest BCUT2D eigenvalue weighted by atomic mass is 9.63. The van der Waals surface area contributed by atoms with Crippen LogP contribution in [0.2, 0.25) is 0 Å². The molecule has 0 aromatic rings. The van der Waals surface area contributed by atoms with E-state index in [1.807, 2.05) is 0 Å². The fourth-order valence-corrected chi connectivity index (χ4v) is 6.03. The second kappa shape index (κ2) is 4.47. The summed E-state index contributed by atoms with van der Waals surface area (Å²) >= 11 is 2.11. The third kappa shape index (κ3) is 1.97. The molecule has 0 radical (unpaired) electrons. The third-order valence-electron chi connectivity index (χ3n) is 6.34. The molecule has 0 aliphatic heterocycles. The summed E-state index contributed by atoms with van der Waals surface area (Å²) in [6, 6.07) is 0. The predicted molar refractivity (Wildman–Crippen MR) is 77.4 cm³/mol. The third-order valence-corrected chi connectivity index (χ3v) is 7.69. The van der Waals surface area contributed by atoms with Gasteiger partial charge in [0.1, 0.15) is 0 Å². The fourth-order valence-electron chi connectivity index (χ4n) is 5.45. The second-order valence-corrected chi connectivity index (χ2v) is 8.73. The van der Waals surface area contributed by atoms with Gasteiger partial charge < -0.3 is 0 Å². The Bertz CT molecular complexity index is 281. The van der Waals surface area contributed by atoms with Gasteiger partial charge in [0, 0.05) is 4.75 Å². The normalized spacial score (nSPS) is 45.7. The van der Waals surface area contributed by atoms with E-state index in [1.54, 1.807) is 32.1 Å². The highest BCUT2D eigenvalue weighted by Crippen LogP contribution is 2.60. The first-order valence-corrected chi connectivity index (χ1v) is 8.91. The molecule has 0 aromatic carbocycles. The van der Waals surface area contributed by atoms with Crippen LogP contribution in [0.1, 0.15) is 58.8 Å². The Morgan fingerprint density at radius 2 is 1.59 bits per heavy atom. The quantitative estimate of drug-likeness (QED) is 0.668. The lowest BCUT2D eigenvalue weighted by Crippen LogP contribution is -2.37. The Labute approximate surface area is 111 Å². The molecule has 0 N–H and O–H groups in total. The van der Waals surface area contributed by atoms with Crippen molar-refractivity contribution < 1.29 is 0 Å². The summed E-state index contributed by atoms with van der Waals surface area (Å²) in [7, 11) is 0. The van der Waals surface area contributed by atoms with Gasteiger partial charge in [0.2, 0.25) is 0 Å². The molecule has 3 saturated carbocycles. The first-order valence-electron chi connectivity index (χ1n) is 7.68. The molecule has 0 amide bonds. The van der Waals surface area contributed by atoms with Crippen LogP contribution < -0.4 is 0 Å². The van der Waals surface area contributed by atoms with Gasteiger partial charge in [-0.3, -0.25) is 0 Å². The number of thioether (sulfide) groups is 1. The van der Waals surface area contributed by atoms with Crippen LogP contribution in [0.3, 0.4) is 0 Å². The van der Waals surface area contributed by atoms with Crippen LogP contribution in [0, 0.1) is 29.6 Å². The van der Waals surface area contributed by atoms with Crippen LogP contribution in [0.25, 0.3) is 0 Å². The van der Waals surface area contributed by atoms with Crippen LogP contribution in [0.5, 0.6) is 0 Å². The minimum absolute atomic E-state index is 0.518. The van der Waals surface area contributed by atoms with Crippen molar-refractivity contribution in [1.82, 2.24) is 0 Å². The maximum Gasteiger partial charge on any atom is 0.0131 e. The van der Waals surface area contributed by atoms with Crippen molar-refractivity contribution >= 4 is 11.8 Å². The zero-order valence-corrected chi connectivity index (χ0v) is 12.6. The van der Waals surface area contributed by atoms with E-state index < -0.39 is 0 Å². The summed E-state index contributed by atoms with van der Waals surface area (Å²) in [5.41, 5.74) is 0. The van der Waals surface area contributed by atoms with Crippen LogP contribution in [0.4, 0.5) is 0 Å². The van der Waals surface area contributed by atoms with Crippen LogP contribution in [-0.2, 0) is 0 Å². The van der Waals surface area contributed by atoms with E-state index in [0.29, 0.717) is 4.75 Å². The average molecular weight is 252 g/mol. The summed E-state index contributed by atoms with van der Waals surface area (Å²) in [6.45, 7) is 5.01. The predicted octanol–water partition coefficient (Wildman–Crippen LogP) is 4.98. The molecule has 98 valence electrons. The largest absolute Gasteiger partial charge is 0.159 e. The first-order chi connectivity index (χ1) is 8.13. The summed E-state index contributed by atoms with van der Waals surface area (Å²) in [5.74, 6) is 5.45. The SMILES string of the molecule is CSC(C)(C)C1CC2CCCC3CCCC1C32. The van der Waals surface area contributed by atoms with E-state index in [2.05, 4.69) is 31.9 Å². The molecule has 3 aliphatic carbocycles. The Hall–Kier alpha value is 0.350. The average Bonchev–Trinajstić information content (AvgIpc) is 2.72. The number of rotatable bonds is 2. The summed E-state index contributed by atoms with van der Waals surface area (Å²) in [5, 5.41) is 0. The summed E-state index contributed by atoms with van der Waals surface area (Å²) in [6.07, 6.45) is 13.2. The molecule has 0 bridgehead atoms. The second-order valence-electron chi connectivity index (χ2n) is 7.27. The lowest BCUT2D eigenvalue weighted by Gasteiger charge is -2.43. The van der Waals surface area contributed by atoms with E-state index in [0.717, 1.165) is 29.6 Å². The van der Waals surface area contributed by atoms with Gasteiger partial charge in [-0.2, -0.15) is 11.8 Å². The van der Waals surface area contributed by atoms with E-state index in [-0.39, 0.29) is 0 Å². The van der Waals surface area contributed by atoms with Crippen molar-refractivity contribution in [2.24, 2.45) is 29.6 Å². The molecular formula is C16H28S. The van der Waals surface area contributed by atoms with Crippen molar-refractivity contribution in [1.29, 1.82) is 0 Å². The molecular weight excluding hydrogens is 224 g/mol. The van der Waals surface area contributed by atoms with Gasteiger partial charge in [-0.15, -0.1) is 0 Å². The molecule has 0 heterocycles. The van der Waals surface area contributed by atoms with Crippen molar-refractivity contribution in [3.05, 3.63) is 0 Å².